The summed E-state index contributed by atoms with van der Waals surface area (Å²) in [5, 5.41) is 19.0. The molecule has 2 atom stereocenters. The molecular weight excluding hydrogens is 252 g/mol. The molecule has 0 saturated carbocycles. The molecule has 0 heterocycles. The molecule has 0 amide bonds. The Morgan fingerprint density at radius 3 is 2.50 bits per heavy atom. The smallest absolute Gasteiger partial charge is 0.175 e. The molecule has 90 valence electrons. The molecule has 0 radical (unpaired) electrons. The first kappa shape index (κ1) is 13.4. The molecule has 0 aromatic heterocycles. The van der Waals surface area contributed by atoms with E-state index in [1.54, 1.807) is 0 Å². The molecule has 16 heavy (non-hydrogen) atoms. The van der Waals surface area contributed by atoms with Gasteiger partial charge in [-0.2, -0.15) is 0 Å². The molecule has 2 N–H and O–H groups in total. The third kappa shape index (κ3) is 3.18. The lowest BCUT2D eigenvalue weighted by atomic mass is 10.1. The van der Waals surface area contributed by atoms with E-state index < -0.39 is 22.0 Å². The van der Waals surface area contributed by atoms with E-state index in [2.05, 4.69) is 0 Å². The van der Waals surface area contributed by atoms with Crippen LogP contribution in [-0.2, 0) is 9.84 Å². The molecule has 0 saturated heterocycles. The van der Waals surface area contributed by atoms with Crippen molar-refractivity contribution in [2.75, 3.05) is 12.1 Å². The summed E-state index contributed by atoms with van der Waals surface area (Å²) in [5.41, 5.74) is 0.330. The van der Waals surface area contributed by atoms with Crippen LogP contribution in [0.1, 0.15) is 11.7 Å². The highest BCUT2D eigenvalue weighted by Crippen LogP contribution is 2.20. The van der Waals surface area contributed by atoms with E-state index in [0.717, 1.165) is 6.26 Å². The van der Waals surface area contributed by atoms with Gasteiger partial charge in [-0.05, 0) is 17.7 Å². The number of aliphatic hydroxyl groups is 2. The SMILES string of the molecule is CS(=O)(=O)c1cccc(C(O)C(O)CCl)c1. The Morgan fingerprint density at radius 1 is 1.38 bits per heavy atom. The van der Waals surface area contributed by atoms with Gasteiger partial charge in [-0.1, -0.05) is 12.1 Å². The first-order valence-electron chi connectivity index (χ1n) is 4.58. The van der Waals surface area contributed by atoms with Crippen molar-refractivity contribution in [2.45, 2.75) is 17.1 Å². The van der Waals surface area contributed by atoms with Crippen LogP contribution in [0.25, 0.3) is 0 Å². The zero-order valence-corrected chi connectivity index (χ0v) is 10.2. The number of hydrogen-bond acceptors (Lipinski definition) is 4. The Labute approximate surface area is 99.4 Å². The molecular formula is C10H13ClO4S. The standard InChI is InChI=1S/C10H13ClO4S/c1-16(14,15)8-4-2-3-7(5-8)10(13)9(12)6-11/h2-5,9-10,12-13H,6H2,1H3. The topological polar surface area (TPSA) is 74.6 Å². The van der Waals surface area contributed by atoms with Crippen LogP contribution >= 0.6 is 11.6 Å². The van der Waals surface area contributed by atoms with Gasteiger partial charge in [0.15, 0.2) is 9.84 Å². The van der Waals surface area contributed by atoms with Gasteiger partial charge in [0.05, 0.1) is 16.9 Å². The molecule has 1 aromatic carbocycles. The van der Waals surface area contributed by atoms with Crippen molar-refractivity contribution in [3.63, 3.8) is 0 Å². The Hall–Kier alpha value is -0.620. The average molecular weight is 265 g/mol. The molecule has 0 aliphatic heterocycles. The van der Waals surface area contributed by atoms with Crippen LogP contribution in [0.2, 0.25) is 0 Å². The van der Waals surface area contributed by atoms with Crippen molar-refractivity contribution in [3.8, 4) is 0 Å². The number of benzene rings is 1. The second kappa shape index (κ2) is 5.14. The maximum Gasteiger partial charge on any atom is 0.175 e. The van der Waals surface area contributed by atoms with Crippen molar-refractivity contribution >= 4 is 21.4 Å². The van der Waals surface area contributed by atoms with Gasteiger partial charge in [0.1, 0.15) is 6.10 Å². The summed E-state index contributed by atoms with van der Waals surface area (Å²) < 4.78 is 22.6. The van der Waals surface area contributed by atoms with Crippen LogP contribution in [0.4, 0.5) is 0 Å². The summed E-state index contributed by atoms with van der Waals surface area (Å²) in [6.45, 7) is 0. The van der Waals surface area contributed by atoms with Gasteiger partial charge in [0.2, 0.25) is 0 Å². The first-order chi connectivity index (χ1) is 7.36. The summed E-state index contributed by atoms with van der Waals surface area (Å²) in [5.74, 6) is -0.121. The minimum Gasteiger partial charge on any atom is -0.389 e. The summed E-state index contributed by atoms with van der Waals surface area (Å²) in [6, 6.07) is 5.80. The van der Waals surface area contributed by atoms with Gasteiger partial charge in [0, 0.05) is 6.26 Å². The van der Waals surface area contributed by atoms with Gasteiger partial charge in [0.25, 0.3) is 0 Å². The third-order valence-corrected chi connectivity index (χ3v) is 3.58. The molecule has 1 aromatic rings. The zero-order valence-electron chi connectivity index (χ0n) is 8.67. The first-order valence-corrected chi connectivity index (χ1v) is 7.01. The highest BCUT2D eigenvalue weighted by molar-refractivity contribution is 7.90. The van der Waals surface area contributed by atoms with Gasteiger partial charge >= 0.3 is 0 Å². The van der Waals surface area contributed by atoms with Crippen LogP contribution in [0, 0.1) is 0 Å². The zero-order chi connectivity index (χ0) is 12.3. The summed E-state index contributed by atoms with van der Waals surface area (Å²) in [6.07, 6.45) is -1.22. The van der Waals surface area contributed by atoms with Gasteiger partial charge in [-0.3, -0.25) is 0 Å². The number of hydrogen-bond donors (Lipinski definition) is 2. The molecule has 4 nitrogen and oxygen atoms in total. The van der Waals surface area contributed by atoms with Crippen molar-refractivity contribution < 1.29 is 18.6 Å². The molecule has 0 aliphatic carbocycles. The largest absolute Gasteiger partial charge is 0.389 e. The van der Waals surface area contributed by atoms with Crippen LogP contribution in [0.5, 0.6) is 0 Å². The Morgan fingerprint density at radius 2 is 2.00 bits per heavy atom. The fourth-order valence-corrected chi connectivity index (χ4v) is 2.08. The number of alkyl halides is 1. The Kier molecular flexibility index (Phi) is 4.32. The van der Waals surface area contributed by atoms with Crippen LogP contribution in [0.15, 0.2) is 29.2 Å². The monoisotopic (exact) mass is 264 g/mol. The average Bonchev–Trinajstić information content (AvgIpc) is 2.26. The quantitative estimate of drug-likeness (QED) is 0.786. The summed E-state index contributed by atoms with van der Waals surface area (Å²) >= 11 is 5.40. The number of halogens is 1. The summed E-state index contributed by atoms with van der Waals surface area (Å²) in [7, 11) is -3.32. The molecule has 0 fully saturated rings. The lowest BCUT2D eigenvalue weighted by molar-refractivity contribution is 0.0326. The second-order valence-corrected chi connectivity index (χ2v) is 5.84. The van der Waals surface area contributed by atoms with E-state index in [1.165, 1.54) is 24.3 Å². The van der Waals surface area contributed by atoms with Crippen LogP contribution < -0.4 is 0 Å². The van der Waals surface area contributed by atoms with Crippen molar-refractivity contribution in [2.24, 2.45) is 0 Å². The van der Waals surface area contributed by atoms with E-state index in [9.17, 15) is 18.6 Å². The molecule has 1 rings (SSSR count). The highest BCUT2D eigenvalue weighted by atomic mass is 35.5. The number of sulfone groups is 1. The number of rotatable bonds is 4. The molecule has 0 spiro atoms. The fourth-order valence-electron chi connectivity index (χ4n) is 1.24. The predicted molar refractivity (Wildman–Crippen MR) is 61.2 cm³/mol. The van der Waals surface area contributed by atoms with Crippen molar-refractivity contribution in [1.29, 1.82) is 0 Å². The molecule has 0 aliphatic rings. The van der Waals surface area contributed by atoms with Crippen molar-refractivity contribution in [3.05, 3.63) is 29.8 Å². The second-order valence-electron chi connectivity index (χ2n) is 3.51. The minimum absolute atomic E-state index is 0.103. The van der Waals surface area contributed by atoms with E-state index in [-0.39, 0.29) is 10.8 Å². The third-order valence-electron chi connectivity index (χ3n) is 2.15. The van der Waals surface area contributed by atoms with E-state index in [1.807, 2.05) is 0 Å². The predicted octanol–water partition coefficient (Wildman–Crippen LogP) is 0.723. The maximum atomic E-state index is 11.3. The van der Waals surface area contributed by atoms with Gasteiger partial charge in [-0.15, -0.1) is 11.6 Å². The normalized spacial score (nSPS) is 15.8. The minimum atomic E-state index is -3.32. The maximum absolute atomic E-state index is 11.3. The Balaban J connectivity index is 3.08. The molecule has 6 heteroatoms. The van der Waals surface area contributed by atoms with Crippen molar-refractivity contribution in [1.82, 2.24) is 0 Å². The van der Waals surface area contributed by atoms with Gasteiger partial charge in [-0.25, -0.2) is 8.42 Å². The van der Waals surface area contributed by atoms with Gasteiger partial charge < -0.3 is 10.2 Å². The van der Waals surface area contributed by atoms with E-state index in [4.69, 9.17) is 11.6 Å². The molecule has 0 bridgehead atoms. The lowest BCUT2D eigenvalue weighted by Crippen LogP contribution is -2.19. The lowest BCUT2D eigenvalue weighted by Gasteiger charge is -2.16. The van der Waals surface area contributed by atoms with Crippen LogP contribution in [0.3, 0.4) is 0 Å². The van der Waals surface area contributed by atoms with Crippen LogP contribution in [-0.4, -0.2) is 36.9 Å². The van der Waals surface area contributed by atoms with E-state index >= 15 is 0 Å². The Bertz CT molecular complexity index is 458. The molecule has 2 unspecified atom stereocenters. The highest BCUT2D eigenvalue weighted by Gasteiger charge is 2.18. The summed E-state index contributed by atoms with van der Waals surface area (Å²) in [4.78, 5) is 0.103. The van der Waals surface area contributed by atoms with E-state index in [0.29, 0.717) is 5.56 Å². The number of aliphatic hydroxyl groups excluding tert-OH is 2. The fraction of sp³-hybridized carbons (Fsp3) is 0.400.